The van der Waals surface area contributed by atoms with Crippen LogP contribution in [0, 0.1) is 5.92 Å². The summed E-state index contributed by atoms with van der Waals surface area (Å²) in [6.07, 6.45) is 3.40. The molecule has 1 fully saturated rings. The SMILES string of the molecule is [N-]=[N+]=NCCCCCCCCN[C@H]1C[C@@H](O)[C@@H](O)[C@H](O)[C@H]1CO. The van der Waals surface area contributed by atoms with Crippen LogP contribution in [-0.2, 0) is 0 Å². The number of unbranched alkanes of at least 4 members (excludes halogenated alkanes) is 5. The predicted molar refractivity (Wildman–Crippen MR) is 86.7 cm³/mol. The lowest BCUT2D eigenvalue weighted by atomic mass is 9.79. The van der Waals surface area contributed by atoms with Crippen LogP contribution in [0.15, 0.2) is 5.11 Å². The molecule has 0 aromatic rings. The van der Waals surface area contributed by atoms with Gasteiger partial charge >= 0.3 is 0 Å². The van der Waals surface area contributed by atoms with Gasteiger partial charge in [0.15, 0.2) is 0 Å². The first-order valence-electron chi connectivity index (χ1n) is 8.51. The van der Waals surface area contributed by atoms with Crippen LogP contribution in [0.25, 0.3) is 10.4 Å². The summed E-state index contributed by atoms with van der Waals surface area (Å²) in [6.45, 7) is 1.11. The van der Waals surface area contributed by atoms with E-state index < -0.39 is 24.2 Å². The molecule has 8 heteroatoms. The third-order valence-electron chi connectivity index (χ3n) is 4.56. The van der Waals surface area contributed by atoms with Crippen molar-refractivity contribution in [2.24, 2.45) is 11.0 Å². The van der Waals surface area contributed by atoms with E-state index >= 15 is 0 Å². The highest BCUT2D eigenvalue weighted by Crippen LogP contribution is 2.25. The topological polar surface area (TPSA) is 142 Å². The van der Waals surface area contributed by atoms with Gasteiger partial charge in [-0.25, -0.2) is 0 Å². The number of nitrogens with one attached hydrogen (secondary N) is 1. The molecule has 0 aromatic carbocycles. The molecular formula is C15H30N4O4. The van der Waals surface area contributed by atoms with Crippen LogP contribution in [0.5, 0.6) is 0 Å². The second-order valence-corrected chi connectivity index (χ2v) is 6.27. The molecule has 0 aromatic heterocycles. The minimum absolute atomic E-state index is 0.183. The van der Waals surface area contributed by atoms with Gasteiger partial charge in [0.05, 0.1) is 12.2 Å². The fourth-order valence-corrected chi connectivity index (χ4v) is 3.11. The van der Waals surface area contributed by atoms with Crippen LogP contribution in [0.2, 0.25) is 0 Å². The average Bonchev–Trinajstić information content (AvgIpc) is 2.54. The number of aliphatic hydroxyl groups excluding tert-OH is 4. The van der Waals surface area contributed by atoms with Crippen LogP contribution in [-0.4, -0.2) is 64.5 Å². The van der Waals surface area contributed by atoms with Crippen molar-refractivity contribution in [2.45, 2.75) is 69.3 Å². The van der Waals surface area contributed by atoms with Gasteiger partial charge in [0.2, 0.25) is 0 Å². The fourth-order valence-electron chi connectivity index (χ4n) is 3.11. The molecule has 0 bridgehead atoms. The number of nitrogens with zero attached hydrogens (tertiary/aromatic N) is 3. The van der Waals surface area contributed by atoms with E-state index in [4.69, 9.17) is 5.53 Å². The van der Waals surface area contributed by atoms with Gasteiger partial charge in [-0.1, -0.05) is 30.8 Å². The lowest BCUT2D eigenvalue weighted by Gasteiger charge is -2.40. The molecule has 5 atom stereocenters. The van der Waals surface area contributed by atoms with Crippen molar-refractivity contribution in [1.29, 1.82) is 0 Å². The Labute approximate surface area is 137 Å². The Morgan fingerprint density at radius 3 is 2.30 bits per heavy atom. The van der Waals surface area contributed by atoms with Gasteiger partial charge in [0.1, 0.15) is 6.10 Å². The molecule has 134 valence electrons. The fraction of sp³-hybridized carbons (Fsp3) is 1.00. The summed E-state index contributed by atoms with van der Waals surface area (Å²) >= 11 is 0. The molecular weight excluding hydrogens is 300 g/mol. The quantitative estimate of drug-likeness (QED) is 0.164. The molecule has 1 aliphatic carbocycles. The Hall–Kier alpha value is -0.890. The number of aliphatic hydroxyl groups is 4. The van der Waals surface area contributed by atoms with E-state index in [0.29, 0.717) is 13.0 Å². The molecule has 0 spiro atoms. The highest BCUT2D eigenvalue weighted by Gasteiger charge is 2.41. The standard InChI is InChI=1S/C15H30N4O4/c16-19-18-8-6-4-2-1-3-5-7-17-12-9-13(21)15(23)14(22)11(12)10-20/h11-15,17,20-23H,1-10H2/t11-,12-,13+,14+,15+/m0/s1. The van der Waals surface area contributed by atoms with Crippen LogP contribution in [0.1, 0.15) is 44.9 Å². The molecule has 0 heterocycles. The maximum absolute atomic E-state index is 9.90. The van der Waals surface area contributed by atoms with Crippen LogP contribution < -0.4 is 5.32 Å². The van der Waals surface area contributed by atoms with E-state index in [1.54, 1.807) is 0 Å². The average molecular weight is 330 g/mol. The number of azide groups is 1. The Morgan fingerprint density at radius 2 is 1.65 bits per heavy atom. The zero-order valence-electron chi connectivity index (χ0n) is 13.6. The van der Waals surface area contributed by atoms with Crippen molar-refractivity contribution in [2.75, 3.05) is 19.7 Å². The predicted octanol–water partition coefficient (Wildman–Crippen LogP) is 0.690. The Morgan fingerprint density at radius 1 is 1.00 bits per heavy atom. The van der Waals surface area contributed by atoms with Gasteiger partial charge < -0.3 is 25.7 Å². The molecule has 5 N–H and O–H groups in total. The first-order chi connectivity index (χ1) is 11.1. The van der Waals surface area contributed by atoms with Gasteiger partial charge in [0.25, 0.3) is 0 Å². The first kappa shape index (κ1) is 20.2. The largest absolute Gasteiger partial charge is 0.396 e. The van der Waals surface area contributed by atoms with Crippen LogP contribution in [0.4, 0.5) is 0 Å². The van der Waals surface area contributed by atoms with Gasteiger partial charge in [-0.3, -0.25) is 0 Å². The van der Waals surface area contributed by atoms with Crippen molar-refractivity contribution in [1.82, 2.24) is 5.32 Å². The third-order valence-corrected chi connectivity index (χ3v) is 4.56. The smallest absolute Gasteiger partial charge is 0.106 e. The Balaban J connectivity index is 2.11. The molecule has 1 aliphatic rings. The molecule has 0 radical (unpaired) electrons. The van der Waals surface area contributed by atoms with E-state index in [0.717, 1.165) is 45.1 Å². The second-order valence-electron chi connectivity index (χ2n) is 6.27. The molecule has 0 amide bonds. The van der Waals surface area contributed by atoms with E-state index in [2.05, 4.69) is 15.3 Å². The van der Waals surface area contributed by atoms with Gasteiger partial charge in [-0.2, -0.15) is 0 Å². The second kappa shape index (κ2) is 11.6. The zero-order valence-corrected chi connectivity index (χ0v) is 13.6. The summed E-state index contributed by atoms with van der Waals surface area (Å²) in [6, 6.07) is -0.183. The van der Waals surface area contributed by atoms with Gasteiger partial charge in [-0.15, -0.1) is 0 Å². The minimum atomic E-state index is -1.18. The highest BCUT2D eigenvalue weighted by atomic mass is 16.4. The molecule has 1 rings (SSSR count). The summed E-state index contributed by atoms with van der Waals surface area (Å²) in [4.78, 5) is 2.71. The minimum Gasteiger partial charge on any atom is -0.396 e. The van der Waals surface area contributed by atoms with Crippen molar-refractivity contribution < 1.29 is 20.4 Å². The summed E-state index contributed by atoms with van der Waals surface area (Å²) in [5.41, 5.74) is 8.15. The van der Waals surface area contributed by atoms with E-state index in [-0.39, 0.29) is 12.6 Å². The zero-order chi connectivity index (χ0) is 17.1. The molecule has 0 saturated heterocycles. The van der Waals surface area contributed by atoms with E-state index in [1.165, 1.54) is 0 Å². The molecule has 23 heavy (non-hydrogen) atoms. The Bertz CT molecular complexity index is 365. The summed E-state index contributed by atoms with van der Waals surface area (Å²) < 4.78 is 0. The lowest BCUT2D eigenvalue weighted by molar-refractivity contribution is -0.128. The molecule has 0 unspecified atom stereocenters. The highest BCUT2D eigenvalue weighted by molar-refractivity contribution is 4.95. The Kier molecular flexibility index (Phi) is 10.2. The van der Waals surface area contributed by atoms with Gasteiger partial charge in [0, 0.05) is 30.0 Å². The van der Waals surface area contributed by atoms with E-state index in [1.807, 2.05) is 0 Å². The first-order valence-corrected chi connectivity index (χ1v) is 8.51. The number of rotatable bonds is 11. The molecule has 1 saturated carbocycles. The lowest BCUT2D eigenvalue weighted by Crippen LogP contribution is -2.58. The van der Waals surface area contributed by atoms with Crippen molar-refractivity contribution in [3.63, 3.8) is 0 Å². The number of hydrogen-bond donors (Lipinski definition) is 5. The molecule has 8 nitrogen and oxygen atoms in total. The number of hydrogen-bond acceptors (Lipinski definition) is 6. The summed E-state index contributed by atoms with van der Waals surface area (Å²) in [5.74, 6) is -0.450. The van der Waals surface area contributed by atoms with Crippen molar-refractivity contribution >= 4 is 0 Å². The monoisotopic (exact) mass is 330 g/mol. The van der Waals surface area contributed by atoms with Crippen molar-refractivity contribution in [3.8, 4) is 0 Å². The third kappa shape index (κ3) is 7.03. The summed E-state index contributed by atoms with van der Waals surface area (Å²) in [5, 5.41) is 45.4. The van der Waals surface area contributed by atoms with E-state index in [9.17, 15) is 20.4 Å². The maximum Gasteiger partial charge on any atom is 0.106 e. The van der Waals surface area contributed by atoms with Gasteiger partial charge in [-0.05, 0) is 31.3 Å². The maximum atomic E-state index is 9.90. The van der Waals surface area contributed by atoms with Crippen LogP contribution in [0.3, 0.4) is 0 Å². The normalized spacial score (nSPS) is 30.9. The molecule has 0 aliphatic heterocycles. The summed E-state index contributed by atoms with van der Waals surface area (Å²) in [7, 11) is 0. The van der Waals surface area contributed by atoms with Crippen molar-refractivity contribution in [3.05, 3.63) is 10.4 Å². The van der Waals surface area contributed by atoms with Crippen LogP contribution >= 0.6 is 0 Å².